The Hall–Kier alpha value is -2.54. The minimum absolute atomic E-state index is 0.0641. The van der Waals surface area contributed by atoms with E-state index in [-0.39, 0.29) is 23.1 Å². The maximum Gasteiger partial charge on any atom is 0.268 e. The van der Waals surface area contributed by atoms with E-state index in [0.29, 0.717) is 24.7 Å². The van der Waals surface area contributed by atoms with Crippen molar-refractivity contribution in [2.24, 2.45) is 5.92 Å². The van der Waals surface area contributed by atoms with E-state index in [1.165, 1.54) is 11.4 Å². The Morgan fingerprint density at radius 3 is 2.23 bits per heavy atom. The molecular weight excluding hydrogens is 412 g/mol. The number of nitrogens with zero attached hydrogens (tertiary/aromatic N) is 2. The third kappa shape index (κ3) is 5.21. The van der Waals surface area contributed by atoms with Gasteiger partial charge in [-0.3, -0.25) is 9.10 Å². The van der Waals surface area contributed by atoms with Gasteiger partial charge in [-0.05, 0) is 80.5 Å². The van der Waals surface area contributed by atoms with Gasteiger partial charge < -0.3 is 9.64 Å². The number of hydrogen-bond donors (Lipinski definition) is 0. The molecule has 0 atom stereocenters. The molecule has 0 unspecified atom stereocenters. The first-order valence-corrected chi connectivity index (χ1v) is 12.1. The third-order valence-corrected chi connectivity index (χ3v) is 7.59. The summed E-state index contributed by atoms with van der Waals surface area (Å²) in [6.07, 6.45) is 1.88. The zero-order valence-electron chi connectivity index (χ0n) is 19.0. The van der Waals surface area contributed by atoms with Crippen molar-refractivity contribution in [2.45, 2.75) is 45.4 Å². The Morgan fingerprint density at radius 1 is 1.03 bits per heavy atom. The number of rotatable bonds is 6. The number of likely N-dealkylation sites (tertiary alicyclic amines) is 1. The highest BCUT2D eigenvalue weighted by Gasteiger charge is 2.32. The number of piperidine rings is 1. The van der Waals surface area contributed by atoms with Gasteiger partial charge in [0.05, 0.1) is 12.8 Å². The van der Waals surface area contributed by atoms with E-state index in [0.717, 1.165) is 29.5 Å². The van der Waals surface area contributed by atoms with Gasteiger partial charge in [0.1, 0.15) is 17.2 Å². The van der Waals surface area contributed by atoms with Crippen molar-refractivity contribution in [2.75, 3.05) is 31.0 Å². The maximum absolute atomic E-state index is 13.8. The molecule has 0 bridgehead atoms. The summed E-state index contributed by atoms with van der Waals surface area (Å²) in [7, 11) is -2.59. The van der Waals surface area contributed by atoms with E-state index < -0.39 is 10.0 Å². The molecule has 0 radical (unpaired) electrons. The van der Waals surface area contributed by atoms with Gasteiger partial charge in [-0.25, -0.2) is 8.42 Å². The number of hydrogen-bond acceptors (Lipinski definition) is 4. The van der Waals surface area contributed by atoms with E-state index in [9.17, 15) is 13.2 Å². The summed E-state index contributed by atoms with van der Waals surface area (Å²) in [6, 6.07) is 10.6. The van der Waals surface area contributed by atoms with Crippen LogP contribution in [0.25, 0.3) is 0 Å². The predicted molar refractivity (Wildman–Crippen MR) is 123 cm³/mol. The van der Waals surface area contributed by atoms with Crippen LogP contribution in [0.15, 0.2) is 41.3 Å². The van der Waals surface area contributed by atoms with Crippen LogP contribution in [-0.4, -0.2) is 46.0 Å². The molecule has 6 nitrogen and oxygen atoms in total. The van der Waals surface area contributed by atoms with Crippen molar-refractivity contribution in [3.05, 3.63) is 53.1 Å². The molecule has 1 amide bonds. The quantitative estimate of drug-likeness (QED) is 0.674. The maximum atomic E-state index is 13.8. The van der Waals surface area contributed by atoms with Gasteiger partial charge in [-0.1, -0.05) is 19.1 Å². The second-order valence-electron chi connectivity index (χ2n) is 8.58. The van der Waals surface area contributed by atoms with Gasteiger partial charge in [0.15, 0.2) is 0 Å². The topological polar surface area (TPSA) is 66.9 Å². The summed E-state index contributed by atoms with van der Waals surface area (Å²) in [6.45, 7) is 8.93. The number of benzene rings is 2. The van der Waals surface area contributed by atoms with Crippen LogP contribution in [0, 0.1) is 26.7 Å². The summed E-state index contributed by atoms with van der Waals surface area (Å²) < 4.78 is 34.2. The second-order valence-corrected chi connectivity index (χ2v) is 10.4. The molecule has 2 aromatic carbocycles. The first-order valence-electron chi connectivity index (χ1n) is 10.6. The number of carbonyl (C=O) groups is 1. The van der Waals surface area contributed by atoms with Gasteiger partial charge >= 0.3 is 0 Å². The van der Waals surface area contributed by atoms with Crippen LogP contribution in [0.4, 0.5) is 5.69 Å². The lowest BCUT2D eigenvalue weighted by atomic mass is 9.99. The van der Waals surface area contributed by atoms with Crippen molar-refractivity contribution in [3.8, 4) is 5.75 Å². The lowest BCUT2D eigenvalue weighted by molar-refractivity contribution is -0.130. The number of sulfonamides is 1. The van der Waals surface area contributed by atoms with Crippen molar-refractivity contribution in [3.63, 3.8) is 0 Å². The molecule has 0 saturated carbocycles. The highest BCUT2D eigenvalue weighted by molar-refractivity contribution is 7.93. The first kappa shape index (κ1) is 23.1. The largest absolute Gasteiger partial charge is 0.495 e. The Kier molecular flexibility index (Phi) is 6.94. The third-order valence-electron chi connectivity index (χ3n) is 5.80. The number of methoxy groups -OCH3 is 1. The lowest BCUT2D eigenvalue weighted by Gasteiger charge is -2.33. The Morgan fingerprint density at radius 2 is 1.65 bits per heavy atom. The fourth-order valence-electron chi connectivity index (χ4n) is 3.99. The van der Waals surface area contributed by atoms with E-state index in [4.69, 9.17) is 4.74 Å². The zero-order chi connectivity index (χ0) is 22.8. The van der Waals surface area contributed by atoms with Gasteiger partial charge in [-0.2, -0.15) is 0 Å². The Bertz CT molecular complexity index is 1040. The monoisotopic (exact) mass is 444 g/mol. The molecule has 7 heteroatoms. The molecule has 1 aliphatic heterocycles. The molecule has 2 aromatic rings. The van der Waals surface area contributed by atoms with Crippen LogP contribution in [-0.2, 0) is 14.8 Å². The fourth-order valence-corrected chi connectivity index (χ4v) is 5.64. The standard InChI is InChI=1S/C24H32N2O4S/c1-17-8-10-25(11-9-17)24(27)16-26(21-13-19(3)12-20(4)14-21)31(28,29)23-15-18(2)6-7-22(23)30-5/h6-7,12-15,17H,8-11,16H2,1-5H3. The van der Waals surface area contributed by atoms with Crippen molar-refractivity contribution in [1.29, 1.82) is 0 Å². The summed E-state index contributed by atoms with van der Waals surface area (Å²) >= 11 is 0. The zero-order valence-corrected chi connectivity index (χ0v) is 19.8. The van der Waals surface area contributed by atoms with E-state index in [1.807, 2.05) is 26.8 Å². The number of anilines is 1. The molecule has 168 valence electrons. The van der Waals surface area contributed by atoms with E-state index in [1.54, 1.807) is 35.2 Å². The van der Waals surface area contributed by atoms with Crippen LogP contribution in [0.5, 0.6) is 5.75 Å². The lowest BCUT2D eigenvalue weighted by Crippen LogP contribution is -2.45. The molecule has 31 heavy (non-hydrogen) atoms. The summed E-state index contributed by atoms with van der Waals surface area (Å²) in [5.41, 5.74) is 3.16. The van der Waals surface area contributed by atoms with Crippen LogP contribution in [0.1, 0.15) is 36.5 Å². The van der Waals surface area contributed by atoms with Crippen LogP contribution in [0.3, 0.4) is 0 Å². The van der Waals surface area contributed by atoms with Crippen molar-refractivity contribution < 1.29 is 17.9 Å². The Labute approximate surface area is 185 Å². The van der Waals surface area contributed by atoms with Gasteiger partial charge in [-0.15, -0.1) is 0 Å². The van der Waals surface area contributed by atoms with Gasteiger partial charge in [0.25, 0.3) is 10.0 Å². The number of amides is 1. The normalized spacial score (nSPS) is 15.1. The first-order chi connectivity index (χ1) is 14.6. The number of aryl methyl sites for hydroxylation is 3. The molecule has 3 rings (SSSR count). The average Bonchev–Trinajstić information content (AvgIpc) is 2.71. The van der Waals surface area contributed by atoms with Gasteiger partial charge in [0.2, 0.25) is 5.91 Å². The summed E-state index contributed by atoms with van der Waals surface area (Å²) in [5.74, 6) is 0.667. The Balaban J connectivity index is 2.05. The average molecular weight is 445 g/mol. The molecule has 0 N–H and O–H groups in total. The minimum atomic E-state index is -4.04. The fraction of sp³-hybridized carbons (Fsp3) is 0.458. The molecule has 0 spiro atoms. The highest BCUT2D eigenvalue weighted by Crippen LogP contribution is 2.32. The summed E-state index contributed by atoms with van der Waals surface area (Å²) in [4.78, 5) is 15.0. The smallest absolute Gasteiger partial charge is 0.268 e. The molecule has 0 aliphatic carbocycles. The number of carbonyl (C=O) groups excluding carboxylic acids is 1. The van der Waals surface area contributed by atoms with Crippen molar-refractivity contribution in [1.82, 2.24) is 4.90 Å². The van der Waals surface area contributed by atoms with Gasteiger partial charge in [0, 0.05) is 13.1 Å². The molecule has 0 aromatic heterocycles. The SMILES string of the molecule is COc1ccc(C)cc1S(=O)(=O)N(CC(=O)N1CCC(C)CC1)c1cc(C)cc(C)c1. The molecule has 1 heterocycles. The highest BCUT2D eigenvalue weighted by atomic mass is 32.2. The second kappa shape index (κ2) is 9.30. The molecule has 1 saturated heterocycles. The predicted octanol–water partition coefficient (Wildman–Crippen LogP) is 4.07. The van der Waals surface area contributed by atoms with E-state index >= 15 is 0 Å². The van der Waals surface area contributed by atoms with Crippen LogP contribution >= 0.6 is 0 Å². The minimum Gasteiger partial charge on any atom is -0.495 e. The molecular formula is C24H32N2O4S. The van der Waals surface area contributed by atoms with E-state index in [2.05, 4.69) is 6.92 Å². The van der Waals surface area contributed by atoms with Crippen LogP contribution in [0.2, 0.25) is 0 Å². The molecule has 1 fully saturated rings. The van der Waals surface area contributed by atoms with Crippen LogP contribution < -0.4 is 9.04 Å². The number of ether oxygens (including phenoxy) is 1. The van der Waals surface area contributed by atoms with Crippen molar-refractivity contribution >= 4 is 21.6 Å². The summed E-state index contributed by atoms with van der Waals surface area (Å²) in [5, 5.41) is 0. The molecule has 1 aliphatic rings.